The fourth-order valence-corrected chi connectivity index (χ4v) is 2.33. The van der Waals surface area contributed by atoms with Gasteiger partial charge in [-0.05, 0) is 25.0 Å². The predicted molar refractivity (Wildman–Crippen MR) is 75.3 cm³/mol. The molecule has 1 saturated carbocycles. The fourth-order valence-electron chi connectivity index (χ4n) is 2.33. The number of para-hydroxylation sites is 1. The van der Waals surface area contributed by atoms with Crippen molar-refractivity contribution in [2.24, 2.45) is 0 Å². The molecule has 1 aliphatic rings. The maximum atomic E-state index is 12.1. The summed E-state index contributed by atoms with van der Waals surface area (Å²) in [5.74, 6) is 0.735. The minimum Gasteiger partial charge on any atom is -0.459 e. The molecule has 0 aliphatic heterocycles. The number of nitrogens with zero attached hydrogens (tertiary/aromatic N) is 1. The van der Waals surface area contributed by atoms with Crippen LogP contribution in [0.25, 0.3) is 11.0 Å². The molecule has 1 aromatic heterocycles. The average molecular weight is 274 g/mol. The van der Waals surface area contributed by atoms with Crippen LogP contribution in [0.1, 0.15) is 18.6 Å². The van der Waals surface area contributed by atoms with Crippen LogP contribution in [0.15, 0.2) is 34.7 Å². The maximum Gasteiger partial charge on any atom is 0.318 e. The summed E-state index contributed by atoms with van der Waals surface area (Å²) < 4.78 is 5.65. The molecule has 2 N–H and O–H groups in total. The van der Waals surface area contributed by atoms with Crippen LogP contribution in [0.2, 0.25) is 0 Å². The third-order valence-electron chi connectivity index (χ3n) is 3.48. The number of nitrogens with one attached hydrogen (secondary N) is 1. The molecule has 2 amide bonds. The minimum atomic E-state index is -0.137. The fraction of sp³-hybridized carbons (Fsp3) is 0.400. The van der Waals surface area contributed by atoms with E-state index < -0.39 is 0 Å². The number of carbonyl (C=O) groups excluding carboxylic acids is 1. The summed E-state index contributed by atoms with van der Waals surface area (Å²) in [6, 6.07) is 9.85. The number of benzene rings is 1. The molecular formula is C15H18N2O3. The van der Waals surface area contributed by atoms with Gasteiger partial charge in [0.15, 0.2) is 0 Å². The van der Waals surface area contributed by atoms with Crippen LogP contribution in [-0.4, -0.2) is 35.2 Å². The molecule has 1 heterocycles. The zero-order valence-corrected chi connectivity index (χ0v) is 11.2. The summed E-state index contributed by atoms with van der Waals surface area (Å²) in [5.41, 5.74) is 0.825. The van der Waals surface area contributed by atoms with E-state index in [-0.39, 0.29) is 18.7 Å². The molecule has 1 fully saturated rings. The van der Waals surface area contributed by atoms with Crippen molar-refractivity contribution in [3.63, 3.8) is 0 Å². The normalized spacial score (nSPS) is 14.4. The minimum absolute atomic E-state index is 0.00540. The van der Waals surface area contributed by atoms with Gasteiger partial charge in [-0.15, -0.1) is 0 Å². The molecule has 106 valence electrons. The van der Waals surface area contributed by atoms with Crippen LogP contribution in [0, 0.1) is 0 Å². The summed E-state index contributed by atoms with van der Waals surface area (Å²) >= 11 is 0. The average Bonchev–Trinajstić information content (AvgIpc) is 3.20. The third kappa shape index (κ3) is 2.77. The lowest BCUT2D eigenvalue weighted by Gasteiger charge is -2.21. The van der Waals surface area contributed by atoms with Crippen LogP contribution in [0.4, 0.5) is 4.79 Å². The monoisotopic (exact) mass is 274 g/mol. The first-order chi connectivity index (χ1) is 9.78. The molecule has 5 nitrogen and oxygen atoms in total. The number of hydrogen-bond donors (Lipinski definition) is 2. The Bertz CT molecular complexity index is 571. The molecule has 5 heteroatoms. The number of hydrogen-bond acceptors (Lipinski definition) is 3. The largest absolute Gasteiger partial charge is 0.459 e. The first-order valence-electron chi connectivity index (χ1n) is 6.90. The van der Waals surface area contributed by atoms with Crippen LogP contribution in [-0.2, 0) is 6.54 Å². The van der Waals surface area contributed by atoms with Crippen LogP contribution in [0.3, 0.4) is 0 Å². The SMILES string of the molecule is O=C(NCc1cc2ccccc2o1)N(CCO)C1CC1. The standard InChI is InChI=1S/C15H18N2O3/c18-8-7-17(12-5-6-12)15(19)16-10-13-9-11-3-1-2-4-14(11)20-13/h1-4,9,12,18H,5-8,10H2,(H,16,19). The Morgan fingerprint density at radius 3 is 2.90 bits per heavy atom. The molecule has 0 spiro atoms. The number of carbonyl (C=O) groups is 1. The van der Waals surface area contributed by atoms with Crippen LogP contribution < -0.4 is 5.32 Å². The van der Waals surface area contributed by atoms with E-state index in [0.717, 1.165) is 29.6 Å². The Morgan fingerprint density at radius 1 is 1.40 bits per heavy atom. The molecular weight excluding hydrogens is 256 g/mol. The number of urea groups is 1. The number of fused-ring (bicyclic) bond motifs is 1. The van der Waals surface area contributed by atoms with E-state index in [9.17, 15) is 4.79 Å². The molecule has 20 heavy (non-hydrogen) atoms. The van der Waals surface area contributed by atoms with Crippen molar-refractivity contribution in [2.75, 3.05) is 13.2 Å². The summed E-state index contributed by atoms with van der Waals surface area (Å²) in [6.07, 6.45) is 2.05. The molecule has 0 saturated heterocycles. The van der Waals surface area contributed by atoms with Gasteiger partial charge in [0.05, 0.1) is 13.2 Å². The zero-order chi connectivity index (χ0) is 13.9. The Balaban J connectivity index is 1.61. The summed E-state index contributed by atoms with van der Waals surface area (Å²) in [6.45, 7) is 0.743. The van der Waals surface area contributed by atoms with E-state index >= 15 is 0 Å². The van der Waals surface area contributed by atoms with Crippen LogP contribution >= 0.6 is 0 Å². The van der Waals surface area contributed by atoms with E-state index in [1.165, 1.54) is 0 Å². The zero-order valence-electron chi connectivity index (χ0n) is 11.2. The van der Waals surface area contributed by atoms with Crippen LogP contribution in [0.5, 0.6) is 0 Å². The van der Waals surface area contributed by atoms with Gasteiger partial charge in [0.1, 0.15) is 11.3 Å². The van der Waals surface area contributed by atoms with Gasteiger partial charge in [0, 0.05) is 18.0 Å². The summed E-state index contributed by atoms with van der Waals surface area (Å²) in [5, 5.41) is 12.9. The lowest BCUT2D eigenvalue weighted by atomic mass is 10.2. The molecule has 1 aliphatic carbocycles. The Kier molecular flexibility index (Phi) is 3.60. The second-order valence-corrected chi connectivity index (χ2v) is 5.06. The van der Waals surface area contributed by atoms with Crippen molar-refractivity contribution < 1.29 is 14.3 Å². The Hall–Kier alpha value is -2.01. The lowest BCUT2D eigenvalue weighted by molar-refractivity contribution is 0.173. The van der Waals surface area contributed by atoms with Gasteiger partial charge < -0.3 is 19.7 Å². The van der Waals surface area contributed by atoms with E-state index in [4.69, 9.17) is 9.52 Å². The third-order valence-corrected chi connectivity index (χ3v) is 3.48. The topological polar surface area (TPSA) is 65.7 Å². The second-order valence-electron chi connectivity index (χ2n) is 5.06. The van der Waals surface area contributed by atoms with Crippen molar-refractivity contribution >= 4 is 17.0 Å². The van der Waals surface area contributed by atoms with E-state index in [0.29, 0.717) is 13.1 Å². The van der Waals surface area contributed by atoms with Gasteiger partial charge in [-0.1, -0.05) is 18.2 Å². The van der Waals surface area contributed by atoms with Gasteiger partial charge in [0.2, 0.25) is 0 Å². The second kappa shape index (κ2) is 5.54. The highest BCUT2D eigenvalue weighted by Crippen LogP contribution is 2.26. The maximum absolute atomic E-state index is 12.1. The first-order valence-corrected chi connectivity index (χ1v) is 6.90. The van der Waals surface area contributed by atoms with Crippen molar-refractivity contribution in [1.29, 1.82) is 0 Å². The van der Waals surface area contributed by atoms with Gasteiger partial charge in [-0.3, -0.25) is 0 Å². The van der Waals surface area contributed by atoms with Crippen molar-refractivity contribution in [2.45, 2.75) is 25.4 Å². The first kappa shape index (κ1) is 13.0. The van der Waals surface area contributed by atoms with E-state index in [1.54, 1.807) is 4.90 Å². The predicted octanol–water partition coefficient (Wildman–Crippen LogP) is 2.10. The molecule has 0 bridgehead atoms. The van der Waals surface area contributed by atoms with E-state index in [1.807, 2.05) is 30.3 Å². The lowest BCUT2D eigenvalue weighted by Crippen LogP contribution is -2.42. The summed E-state index contributed by atoms with van der Waals surface area (Å²) in [7, 11) is 0. The number of aliphatic hydroxyl groups excluding tert-OH is 1. The quantitative estimate of drug-likeness (QED) is 0.877. The number of rotatable bonds is 5. The Labute approximate surface area is 117 Å². The van der Waals surface area contributed by atoms with Gasteiger partial charge in [-0.25, -0.2) is 4.79 Å². The van der Waals surface area contributed by atoms with Crippen molar-refractivity contribution in [3.8, 4) is 0 Å². The highest BCUT2D eigenvalue weighted by molar-refractivity contribution is 5.78. The molecule has 2 aromatic rings. The highest BCUT2D eigenvalue weighted by atomic mass is 16.3. The summed E-state index contributed by atoms with van der Waals surface area (Å²) in [4.78, 5) is 13.8. The molecule has 0 radical (unpaired) electrons. The Morgan fingerprint density at radius 2 is 2.20 bits per heavy atom. The number of amides is 2. The van der Waals surface area contributed by atoms with Crippen molar-refractivity contribution in [3.05, 3.63) is 36.1 Å². The van der Waals surface area contributed by atoms with Crippen molar-refractivity contribution in [1.82, 2.24) is 10.2 Å². The molecule has 0 unspecified atom stereocenters. The number of aliphatic hydroxyl groups is 1. The van der Waals surface area contributed by atoms with Gasteiger partial charge in [-0.2, -0.15) is 0 Å². The molecule has 0 atom stereocenters. The molecule has 1 aromatic carbocycles. The van der Waals surface area contributed by atoms with Gasteiger partial charge in [0.25, 0.3) is 0 Å². The van der Waals surface area contributed by atoms with E-state index in [2.05, 4.69) is 5.32 Å². The smallest absolute Gasteiger partial charge is 0.318 e. The van der Waals surface area contributed by atoms with Gasteiger partial charge >= 0.3 is 6.03 Å². The molecule has 3 rings (SSSR count). The highest BCUT2D eigenvalue weighted by Gasteiger charge is 2.32. The number of furan rings is 1.